The maximum absolute atomic E-state index is 15.4. The Balaban J connectivity index is 1.43. The van der Waals surface area contributed by atoms with Gasteiger partial charge >= 0.3 is 6.01 Å². The number of nitrogens with zero attached hydrogens (tertiary/aromatic N) is 5. The Bertz CT molecular complexity index is 1650. The molecule has 10 heteroatoms. The van der Waals surface area contributed by atoms with Crippen molar-refractivity contribution in [1.82, 2.24) is 24.5 Å². The molecule has 1 saturated carbocycles. The Kier molecular flexibility index (Phi) is 6.22. The number of pyridine rings is 1. The number of halogens is 2. The van der Waals surface area contributed by atoms with Crippen LogP contribution in [0.25, 0.3) is 33.1 Å². The van der Waals surface area contributed by atoms with E-state index in [2.05, 4.69) is 19.5 Å². The van der Waals surface area contributed by atoms with Crippen molar-refractivity contribution < 1.29 is 19.3 Å². The molecule has 0 aliphatic heterocycles. The summed E-state index contributed by atoms with van der Waals surface area (Å²) in [6.45, 7) is 1.69. The average Bonchev–Trinajstić information content (AvgIpc) is 3.26. The minimum absolute atomic E-state index is 0.0890. The van der Waals surface area contributed by atoms with Crippen LogP contribution in [-0.4, -0.2) is 46.9 Å². The molecule has 0 radical (unpaired) electrons. The molecule has 1 aliphatic carbocycles. The lowest BCUT2D eigenvalue weighted by atomic mass is 9.82. The van der Waals surface area contributed by atoms with Gasteiger partial charge in [0.05, 0.1) is 34.5 Å². The van der Waals surface area contributed by atoms with Crippen LogP contribution in [0.5, 0.6) is 11.8 Å². The predicted molar refractivity (Wildman–Crippen MR) is 142 cm³/mol. The van der Waals surface area contributed by atoms with Crippen molar-refractivity contribution >= 4 is 33.5 Å². The fraction of sp³-hybridized carbons (Fsp3) is 0.286. The van der Waals surface area contributed by atoms with Crippen LogP contribution >= 0.6 is 11.6 Å². The lowest BCUT2D eigenvalue weighted by Crippen LogP contribution is -2.38. The van der Waals surface area contributed by atoms with E-state index < -0.39 is 11.4 Å². The van der Waals surface area contributed by atoms with E-state index in [4.69, 9.17) is 21.3 Å². The van der Waals surface area contributed by atoms with Crippen LogP contribution in [0.4, 0.5) is 4.39 Å². The van der Waals surface area contributed by atoms with E-state index in [1.807, 2.05) is 6.92 Å². The number of fused-ring (bicyclic) bond motifs is 3. The summed E-state index contributed by atoms with van der Waals surface area (Å²) in [5, 5.41) is 21.2. The van der Waals surface area contributed by atoms with Gasteiger partial charge in [-0.2, -0.15) is 0 Å². The Morgan fingerprint density at radius 3 is 2.55 bits per heavy atom. The second-order valence-electron chi connectivity index (χ2n) is 9.76. The molecule has 3 heterocycles. The van der Waals surface area contributed by atoms with Gasteiger partial charge in [-0.1, -0.05) is 11.6 Å². The summed E-state index contributed by atoms with van der Waals surface area (Å²) in [6.07, 6.45) is 7.19. The molecule has 0 saturated heterocycles. The number of aryl methyl sites for hydroxylation is 1. The van der Waals surface area contributed by atoms with Crippen molar-refractivity contribution in [2.45, 2.75) is 44.2 Å². The highest BCUT2D eigenvalue weighted by Gasteiger charge is 2.34. The standard InChI is InChI=1S/C28H25ClFN5O3/c1-16-34-25-14-33-24-13-23(30)20(19-4-3-18(11-22(19)29)38-27-31-9-2-10-32-27)12-21(24)26(25)35(16)17-5-7-28(37,15-36)8-6-17/h2-4,9-14,17,36-37H,5-8,15H2,1H3. The lowest BCUT2D eigenvalue weighted by molar-refractivity contribution is -0.0500. The van der Waals surface area contributed by atoms with E-state index in [9.17, 15) is 10.2 Å². The quantitative estimate of drug-likeness (QED) is 0.295. The van der Waals surface area contributed by atoms with Crippen molar-refractivity contribution in [1.29, 1.82) is 0 Å². The minimum Gasteiger partial charge on any atom is -0.424 e. The zero-order valence-electron chi connectivity index (χ0n) is 20.6. The van der Waals surface area contributed by atoms with Crippen LogP contribution in [0, 0.1) is 12.7 Å². The van der Waals surface area contributed by atoms with E-state index in [1.54, 1.807) is 48.9 Å². The third-order valence-corrected chi connectivity index (χ3v) is 7.62. The molecule has 0 spiro atoms. The maximum atomic E-state index is 15.4. The summed E-state index contributed by atoms with van der Waals surface area (Å²) in [6, 6.07) is 10.2. The lowest BCUT2D eigenvalue weighted by Gasteiger charge is -2.35. The Morgan fingerprint density at radius 1 is 1.08 bits per heavy atom. The topological polar surface area (TPSA) is 106 Å². The molecule has 6 rings (SSSR count). The molecule has 0 bridgehead atoms. The molecule has 1 aliphatic rings. The second-order valence-corrected chi connectivity index (χ2v) is 10.2. The normalized spacial score (nSPS) is 19.8. The first-order chi connectivity index (χ1) is 18.3. The average molecular weight is 534 g/mol. The van der Waals surface area contributed by atoms with Gasteiger partial charge in [-0.25, -0.2) is 19.3 Å². The van der Waals surface area contributed by atoms with Crippen molar-refractivity contribution in [2.24, 2.45) is 0 Å². The summed E-state index contributed by atoms with van der Waals surface area (Å²) in [5.41, 5.74) is 1.90. The van der Waals surface area contributed by atoms with Gasteiger partial charge in [0, 0.05) is 47.1 Å². The van der Waals surface area contributed by atoms with E-state index in [-0.39, 0.29) is 18.7 Å². The molecule has 0 amide bonds. The number of aromatic nitrogens is 5. The molecule has 38 heavy (non-hydrogen) atoms. The number of aliphatic hydroxyl groups excluding tert-OH is 1. The van der Waals surface area contributed by atoms with Gasteiger partial charge in [0.25, 0.3) is 0 Å². The van der Waals surface area contributed by atoms with Crippen LogP contribution in [0.2, 0.25) is 5.02 Å². The molecule has 2 aromatic carbocycles. The summed E-state index contributed by atoms with van der Waals surface area (Å²) >= 11 is 6.60. The molecule has 1 fully saturated rings. The zero-order valence-corrected chi connectivity index (χ0v) is 21.4. The molecule has 0 atom stereocenters. The van der Waals surface area contributed by atoms with Crippen LogP contribution in [0.15, 0.2) is 55.0 Å². The van der Waals surface area contributed by atoms with E-state index in [0.717, 1.165) is 16.7 Å². The molecule has 8 nitrogen and oxygen atoms in total. The molecule has 3 aromatic heterocycles. The Morgan fingerprint density at radius 2 is 1.84 bits per heavy atom. The summed E-state index contributed by atoms with van der Waals surface area (Å²) in [4.78, 5) is 17.3. The van der Waals surface area contributed by atoms with Crippen LogP contribution in [0.3, 0.4) is 0 Å². The third-order valence-electron chi connectivity index (χ3n) is 7.31. The fourth-order valence-corrected chi connectivity index (χ4v) is 5.62. The van der Waals surface area contributed by atoms with Crippen LogP contribution < -0.4 is 4.74 Å². The SMILES string of the molecule is Cc1nc2cnc3cc(F)c(-c4ccc(Oc5ncccn5)cc4Cl)cc3c2n1C1CCC(O)(CO)CC1. The first kappa shape index (κ1) is 24.7. The van der Waals surface area contributed by atoms with E-state index >= 15 is 4.39 Å². The van der Waals surface area contributed by atoms with Gasteiger partial charge in [0.1, 0.15) is 22.9 Å². The molecule has 5 aromatic rings. The van der Waals surface area contributed by atoms with Gasteiger partial charge < -0.3 is 19.5 Å². The number of rotatable bonds is 5. The van der Waals surface area contributed by atoms with Crippen molar-refractivity contribution in [3.8, 4) is 22.9 Å². The van der Waals surface area contributed by atoms with Gasteiger partial charge in [-0.3, -0.25) is 4.98 Å². The minimum atomic E-state index is -1.04. The number of hydrogen-bond acceptors (Lipinski definition) is 7. The number of hydrogen-bond donors (Lipinski definition) is 2. The first-order valence-corrected chi connectivity index (χ1v) is 12.8. The highest BCUT2D eigenvalue weighted by molar-refractivity contribution is 6.33. The van der Waals surface area contributed by atoms with Gasteiger partial charge in [-0.05, 0) is 56.9 Å². The van der Waals surface area contributed by atoms with Gasteiger partial charge in [0.2, 0.25) is 0 Å². The van der Waals surface area contributed by atoms with Gasteiger partial charge in [0.15, 0.2) is 0 Å². The van der Waals surface area contributed by atoms with E-state index in [0.29, 0.717) is 58.6 Å². The van der Waals surface area contributed by atoms with E-state index in [1.165, 1.54) is 6.07 Å². The van der Waals surface area contributed by atoms with Crippen molar-refractivity contribution in [2.75, 3.05) is 6.61 Å². The highest BCUT2D eigenvalue weighted by atomic mass is 35.5. The summed E-state index contributed by atoms with van der Waals surface area (Å²) in [7, 11) is 0. The molecule has 2 N–H and O–H groups in total. The zero-order chi connectivity index (χ0) is 26.4. The molecular weight excluding hydrogens is 509 g/mol. The monoisotopic (exact) mass is 533 g/mol. The summed E-state index contributed by atoms with van der Waals surface area (Å²) in [5.74, 6) is 0.811. The highest BCUT2D eigenvalue weighted by Crippen LogP contribution is 2.40. The second kappa shape index (κ2) is 9.58. The number of benzene rings is 2. The van der Waals surface area contributed by atoms with Crippen molar-refractivity contribution in [3.63, 3.8) is 0 Å². The number of imidazole rings is 1. The first-order valence-electron chi connectivity index (χ1n) is 12.4. The smallest absolute Gasteiger partial charge is 0.321 e. The third kappa shape index (κ3) is 4.36. The Labute approximate surface area is 222 Å². The van der Waals surface area contributed by atoms with Crippen LogP contribution in [-0.2, 0) is 0 Å². The molecule has 194 valence electrons. The largest absolute Gasteiger partial charge is 0.424 e. The Hall–Kier alpha value is -3.66. The fourth-order valence-electron chi connectivity index (χ4n) is 5.34. The number of aliphatic hydroxyl groups is 2. The summed E-state index contributed by atoms with van der Waals surface area (Å²) < 4.78 is 23.2. The predicted octanol–water partition coefficient (Wildman–Crippen LogP) is 5.77. The van der Waals surface area contributed by atoms with Crippen LogP contribution in [0.1, 0.15) is 37.5 Å². The number of ether oxygens (including phenoxy) is 1. The molecule has 0 unspecified atom stereocenters. The molecular formula is C28H25ClFN5O3. The van der Waals surface area contributed by atoms with Crippen molar-refractivity contribution in [3.05, 3.63) is 71.7 Å². The maximum Gasteiger partial charge on any atom is 0.321 e. The van der Waals surface area contributed by atoms with Gasteiger partial charge in [-0.15, -0.1) is 0 Å².